The lowest BCUT2D eigenvalue weighted by molar-refractivity contribution is 0.172. The molecule has 0 atom stereocenters. The van der Waals surface area contributed by atoms with Crippen molar-refractivity contribution in [2.24, 2.45) is 0 Å². The van der Waals surface area contributed by atoms with Gasteiger partial charge >= 0.3 is 0 Å². The molecule has 0 saturated carbocycles. The fourth-order valence-electron chi connectivity index (χ4n) is 0.887. The van der Waals surface area contributed by atoms with Crippen molar-refractivity contribution >= 4 is 15.9 Å². The number of halogens is 1. The number of rotatable bonds is 5. The van der Waals surface area contributed by atoms with Crippen LogP contribution >= 0.6 is 15.9 Å². The quantitative estimate of drug-likeness (QED) is 0.741. The first-order valence-corrected chi connectivity index (χ1v) is 4.91. The molecule has 1 rings (SSSR count). The van der Waals surface area contributed by atoms with E-state index in [4.69, 9.17) is 9.47 Å². The molecule has 0 fully saturated rings. The smallest absolute Gasteiger partial charge is 0.128 e. The second kappa shape index (κ2) is 6.00. The average molecular weight is 244 g/mol. The monoisotopic (exact) mass is 243 g/mol. The predicted octanol–water partition coefficient (Wildman–Crippen LogP) is 2.66. The highest BCUT2D eigenvalue weighted by Crippen LogP contribution is 2.16. The summed E-state index contributed by atoms with van der Waals surface area (Å²) < 4.78 is 11.3. The summed E-state index contributed by atoms with van der Waals surface area (Å²) in [5.74, 6) is 0.769. The zero-order valence-electron chi connectivity index (χ0n) is 7.55. The van der Waals surface area contributed by atoms with E-state index < -0.39 is 0 Å². The molecule has 0 heterocycles. The first kappa shape index (κ1) is 10.5. The molecule has 0 saturated heterocycles. The van der Waals surface area contributed by atoms with E-state index in [1.54, 1.807) is 7.11 Å². The van der Waals surface area contributed by atoms with Crippen LogP contribution in [0.4, 0.5) is 0 Å². The minimum Gasteiger partial charge on any atom is -0.493 e. The second-order valence-corrected chi connectivity index (χ2v) is 3.48. The van der Waals surface area contributed by atoms with Crippen molar-refractivity contribution in [1.29, 1.82) is 0 Å². The molecule has 0 spiro atoms. The van der Waals surface area contributed by atoms with Crippen LogP contribution in [0.3, 0.4) is 0 Å². The summed E-state index contributed by atoms with van der Waals surface area (Å²) in [6, 6.07) is 8.64. The van der Waals surface area contributed by atoms with E-state index in [-0.39, 0.29) is 0 Å². The second-order valence-electron chi connectivity index (χ2n) is 2.57. The first-order chi connectivity index (χ1) is 6.33. The Hall–Kier alpha value is -0.540. The number of ether oxygens (including phenoxy) is 2. The van der Waals surface area contributed by atoms with Crippen molar-refractivity contribution in [2.75, 3.05) is 20.3 Å². The summed E-state index contributed by atoms with van der Waals surface area (Å²) in [5, 5.41) is 0. The number of hydrogen-bond acceptors (Lipinski definition) is 2. The molecule has 1 aromatic carbocycles. The van der Waals surface area contributed by atoms with Crippen LogP contribution in [0.15, 0.2) is 22.7 Å². The number of methoxy groups -OCH3 is 1. The van der Waals surface area contributed by atoms with E-state index in [1.807, 2.05) is 18.2 Å². The van der Waals surface area contributed by atoms with Crippen LogP contribution in [-0.4, -0.2) is 20.3 Å². The molecule has 1 aromatic rings. The third kappa shape index (κ3) is 4.29. The first-order valence-electron chi connectivity index (χ1n) is 4.12. The van der Waals surface area contributed by atoms with Gasteiger partial charge in [0.15, 0.2) is 0 Å². The number of benzene rings is 1. The molecule has 0 bridgehead atoms. The largest absolute Gasteiger partial charge is 0.493 e. The van der Waals surface area contributed by atoms with Crippen molar-refractivity contribution < 1.29 is 9.47 Å². The zero-order chi connectivity index (χ0) is 9.52. The van der Waals surface area contributed by atoms with E-state index in [2.05, 4.69) is 22.0 Å². The molecule has 0 amide bonds. The number of hydrogen-bond donors (Lipinski definition) is 0. The Morgan fingerprint density at radius 1 is 1.46 bits per heavy atom. The third-order valence-electron chi connectivity index (χ3n) is 1.49. The maximum atomic E-state index is 5.42. The maximum absolute atomic E-state index is 5.42. The van der Waals surface area contributed by atoms with Gasteiger partial charge in [0.05, 0.1) is 6.61 Å². The summed E-state index contributed by atoms with van der Waals surface area (Å²) in [6.45, 7) is 1.40. The van der Waals surface area contributed by atoms with Crippen molar-refractivity contribution in [3.8, 4) is 5.75 Å². The van der Waals surface area contributed by atoms with Gasteiger partial charge in [-0.2, -0.15) is 0 Å². The zero-order valence-corrected chi connectivity index (χ0v) is 9.13. The Morgan fingerprint density at radius 2 is 2.31 bits per heavy atom. The summed E-state index contributed by atoms with van der Waals surface area (Å²) >= 11 is 3.36. The molecule has 0 aliphatic rings. The molecular formula is C10H12BrO2. The van der Waals surface area contributed by atoms with Gasteiger partial charge in [0, 0.05) is 30.7 Å². The predicted molar refractivity (Wildman–Crippen MR) is 55.0 cm³/mol. The average Bonchev–Trinajstić information content (AvgIpc) is 2.13. The SMILES string of the molecule is COCCCOc1[c]ccc(Br)c1. The van der Waals surface area contributed by atoms with Gasteiger partial charge < -0.3 is 9.47 Å². The summed E-state index contributed by atoms with van der Waals surface area (Å²) in [5.41, 5.74) is 0. The van der Waals surface area contributed by atoms with Crippen LogP contribution in [0.25, 0.3) is 0 Å². The van der Waals surface area contributed by atoms with E-state index >= 15 is 0 Å². The van der Waals surface area contributed by atoms with Gasteiger partial charge in [0.25, 0.3) is 0 Å². The van der Waals surface area contributed by atoms with Crippen molar-refractivity contribution in [3.05, 3.63) is 28.7 Å². The van der Waals surface area contributed by atoms with E-state index in [0.29, 0.717) is 6.61 Å². The topological polar surface area (TPSA) is 18.5 Å². The molecular weight excluding hydrogens is 232 g/mol. The molecule has 0 aromatic heterocycles. The highest BCUT2D eigenvalue weighted by molar-refractivity contribution is 9.10. The summed E-state index contributed by atoms with van der Waals surface area (Å²) in [7, 11) is 1.69. The van der Waals surface area contributed by atoms with Crippen LogP contribution in [0.2, 0.25) is 0 Å². The van der Waals surface area contributed by atoms with Crippen LogP contribution in [-0.2, 0) is 4.74 Å². The fourth-order valence-corrected chi connectivity index (χ4v) is 1.23. The van der Waals surface area contributed by atoms with Crippen molar-refractivity contribution in [3.63, 3.8) is 0 Å². The van der Waals surface area contributed by atoms with Gasteiger partial charge in [-0.15, -0.1) is 0 Å². The van der Waals surface area contributed by atoms with Gasteiger partial charge in [0.1, 0.15) is 5.75 Å². The van der Waals surface area contributed by atoms with Gasteiger partial charge in [0.2, 0.25) is 0 Å². The Bertz CT molecular complexity index is 250. The van der Waals surface area contributed by atoms with E-state index in [9.17, 15) is 0 Å². The minimum atomic E-state index is 0.667. The van der Waals surface area contributed by atoms with Crippen molar-refractivity contribution in [1.82, 2.24) is 0 Å². The Morgan fingerprint density at radius 3 is 3.00 bits per heavy atom. The van der Waals surface area contributed by atoms with Crippen LogP contribution in [0.5, 0.6) is 5.75 Å². The Kier molecular flexibility index (Phi) is 4.86. The summed E-state index contributed by atoms with van der Waals surface area (Å²) in [6.07, 6.45) is 0.900. The van der Waals surface area contributed by atoms with Crippen molar-refractivity contribution in [2.45, 2.75) is 6.42 Å². The summed E-state index contributed by atoms with van der Waals surface area (Å²) in [4.78, 5) is 0. The van der Waals surface area contributed by atoms with E-state index in [0.717, 1.165) is 23.2 Å². The molecule has 1 radical (unpaired) electrons. The molecule has 2 nitrogen and oxygen atoms in total. The minimum absolute atomic E-state index is 0.667. The molecule has 13 heavy (non-hydrogen) atoms. The Balaban J connectivity index is 2.28. The molecule has 0 aliphatic carbocycles. The van der Waals surface area contributed by atoms with Gasteiger partial charge in [-0.05, 0) is 18.2 Å². The highest BCUT2D eigenvalue weighted by Gasteiger charge is 1.94. The lowest BCUT2D eigenvalue weighted by Gasteiger charge is -2.04. The molecule has 0 aliphatic heterocycles. The molecule has 0 unspecified atom stereocenters. The fraction of sp³-hybridized carbons (Fsp3) is 0.400. The normalized spacial score (nSPS) is 10.0. The van der Waals surface area contributed by atoms with Gasteiger partial charge in [-0.1, -0.05) is 15.9 Å². The lowest BCUT2D eigenvalue weighted by atomic mass is 10.3. The Labute approximate surface area is 87.0 Å². The molecule has 71 valence electrons. The molecule has 3 heteroatoms. The van der Waals surface area contributed by atoms with Gasteiger partial charge in [-0.25, -0.2) is 0 Å². The third-order valence-corrected chi connectivity index (χ3v) is 1.98. The standard InChI is InChI=1S/C10H12BrO2/c1-12-6-3-7-13-10-5-2-4-9(11)8-10/h2,4,8H,3,6-7H2,1H3. The lowest BCUT2D eigenvalue weighted by Crippen LogP contribution is -2.01. The van der Waals surface area contributed by atoms with Gasteiger partial charge in [-0.3, -0.25) is 0 Å². The van der Waals surface area contributed by atoms with Crippen LogP contribution < -0.4 is 4.74 Å². The van der Waals surface area contributed by atoms with Crippen LogP contribution in [0, 0.1) is 6.07 Å². The maximum Gasteiger partial charge on any atom is 0.128 e. The van der Waals surface area contributed by atoms with Crippen LogP contribution in [0.1, 0.15) is 6.42 Å². The van der Waals surface area contributed by atoms with E-state index in [1.165, 1.54) is 0 Å². The molecule has 0 N–H and O–H groups in total. The highest BCUT2D eigenvalue weighted by atomic mass is 79.9.